The van der Waals surface area contributed by atoms with Gasteiger partial charge >= 0.3 is 0 Å². The number of hydrogen-bond donors (Lipinski definition) is 0. The highest BCUT2D eigenvalue weighted by Gasteiger charge is 2.18. The summed E-state index contributed by atoms with van der Waals surface area (Å²) in [5, 5.41) is 0. The third-order valence-corrected chi connectivity index (χ3v) is 2.85. The van der Waals surface area contributed by atoms with Crippen molar-refractivity contribution in [3.05, 3.63) is 29.8 Å². The minimum atomic E-state index is 0.0180. The van der Waals surface area contributed by atoms with Gasteiger partial charge in [0, 0.05) is 12.5 Å². The fourth-order valence-electron chi connectivity index (χ4n) is 1.88. The van der Waals surface area contributed by atoms with Gasteiger partial charge in [0.25, 0.3) is 0 Å². The molecule has 1 atom stereocenters. The molecular formula is C15H19NO2. The average Bonchev–Trinajstić information content (AvgIpc) is 2.36. The summed E-state index contributed by atoms with van der Waals surface area (Å²) in [6.07, 6.45) is 5.79. The maximum Gasteiger partial charge on any atom is 0.131 e. The highest BCUT2D eigenvalue weighted by molar-refractivity contribution is 5.76. The highest BCUT2D eigenvalue weighted by atomic mass is 16.5. The lowest BCUT2D eigenvalue weighted by Crippen LogP contribution is -2.26. The van der Waals surface area contributed by atoms with Crippen LogP contribution in [0.3, 0.4) is 0 Å². The monoisotopic (exact) mass is 245 g/mol. The van der Waals surface area contributed by atoms with Crippen LogP contribution in [0, 0.1) is 12.3 Å². The first-order valence-corrected chi connectivity index (χ1v) is 5.85. The molecule has 18 heavy (non-hydrogen) atoms. The van der Waals surface area contributed by atoms with Crippen LogP contribution in [0.2, 0.25) is 0 Å². The average molecular weight is 245 g/mol. The maximum atomic E-state index is 11.4. The number of benzene rings is 1. The second kappa shape index (κ2) is 6.83. The van der Waals surface area contributed by atoms with Gasteiger partial charge in [0.2, 0.25) is 0 Å². The van der Waals surface area contributed by atoms with Crippen molar-refractivity contribution < 1.29 is 9.53 Å². The van der Waals surface area contributed by atoms with Gasteiger partial charge in [0.05, 0.1) is 13.7 Å². The van der Waals surface area contributed by atoms with Crippen LogP contribution in [-0.4, -0.2) is 31.4 Å². The van der Waals surface area contributed by atoms with E-state index in [4.69, 9.17) is 11.2 Å². The van der Waals surface area contributed by atoms with E-state index in [-0.39, 0.29) is 11.8 Å². The second-order valence-electron chi connectivity index (χ2n) is 4.31. The SMILES string of the molecule is C#CCN(C)C(CC(C)=O)c1ccc(OC)cc1. The molecule has 0 amide bonds. The summed E-state index contributed by atoms with van der Waals surface area (Å²) < 4.78 is 5.13. The Kier molecular flexibility index (Phi) is 5.41. The number of hydrogen-bond acceptors (Lipinski definition) is 3. The molecule has 3 nitrogen and oxygen atoms in total. The van der Waals surface area contributed by atoms with E-state index in [1.54, 1.807) is 14.0 Å². The molecule has 0 N–H and O–H groups in total. The van der Waals surface area contributed by atoms with Gasteiger partial charge in [-0.15, -0.1) is 6.42 Å². The van der Waals surface area contributed by atoms with E-state index in [0.717, 1.165) is 11.3 Å². The predicted molar refractivity (Wildman–Crippen MR) is 72.5 cm³/mol. The summed E-state index contributed by atoms with van der Waals surface area (Å²) >= 11 is 0. The van der Waals surface area contributed by atoms with Crippen LogP contribution in [0.25, 0.3) is 0 Å². The van der Waals surface area contributed by atoms with Gasteiger partial charge in [-0.3, -0.25) is 9.69 Å². The molecule has 1 aromatic carbocycles. The van der Waals surface area contributed by atoms with E-state index >= 15 is 0 Å². The molecule has 0 aliphatic carbocycles. The molecule has 0 heterocycles. The third-order valence-electron chi connectivity index (χ3n) is 2.85. The lowest BCUT2D eigenvalue weighted by atomic mass is 10.0. The molecule has 1 aromatic rings. The first-order chi connectivity index (χ1) is 8.58. The van der Waals surface area contributed by atoms with Crippen molar-refractivity contribution in [2.75, 3.05) is 20.7 Å². The number of methoxy groups -OCH3 is 1. The first-order valence-electron chi connectivity index (χ1n) is 5.85. The van der Waals surface area contributed by atoms with Gasteiger partial charge in [-0.2, -0.15) is 0 Å². The Hall–Kier alpha value is -1.79. The summed E-state index contributed by atoms with van der Waals surface area (Å²) in [5.74, 6) is 3.56. The van der Waals surface area contributed by atoms with Gasteiger partial charge in [-0.25, -0.2) is 0 Å². The van der Waals surface area contributed by atoms with Crippen LogP contribution in [0.1, 0.15) is 24.9 Å². The number of carbonyl (C=O) groups is 1. The fraction of sp³-hybridized carbons (Fsp3) is 0.400. The molecule has 0 aliphatic heterocycles. The standard InChI is InChI=1S/C15H19NO2/c1-5-10-16(3)15(11-12(2)17)13-6-8-14(18-4)9-7-13/h1,6-9,15H,10-11H2,2-4H3. The molecule has 0 fully saturated rings. The molecule has 1 rings (SSSR count). The molecular weight excluding hydrogens is 226 g/mol. The molecule has 0 spiro atoms. The number of ether oxygens (including phenoxy) is 1. The minimum Gasteiger partial charge on any atom is -0.497 e. The predicted octanol–water partition coefficient (Wildman–Crippen LogP) is 2.28. The van der Waals surface area contributed by atoms with E-state index in [2.05, 4.69) is 5.92 Å². The smallest absolute Gasteiger partial charge is 0.131 e. The molecule has 0 aromatic heterocycles. The summed E-state index contributed by atoms with van der Waals surface area (Å²) in [4.78, 5) is 13.4. The molecule has 1 unspecified atom stereocenters. The third kappa shape index (κ3) is 3.90. The van der Waals surface area contributed by atoms with Crippen LogP contribution in [0.4, 0.5) is 0 Å². The van der Waals surface area contributed by atoms with Crippen molar-refractivity contribution in [1.82, 2.24) is 4.90 Å². The van der Waals surface area contributed by atoms with Crippen LogP contribution in [0.15, 0.2) is 24.3 Å². The number of terminal acetylenes is 1. The van der Waals surface area contributed by atoms with E-state index < -0.39 is 0 Å². The zero-order valence-corrected chi connectivity index (χ0v) is 11.1. The summed E-state index contributed by atoms with van der Waals surface area (Å²) in [7, 11) is 3.56. The van der Waals surface area contributed by atoms with Gasteiger partial charge in [0.1, 0.15) is 11.5 Å². The molecule has 0 saturated carbocycles. The van der Waals surface area contributed by atoms with Crippen LogP contribution in [-0.2, 0) is 4.79 Å². The van der Waals surface area contributed by atoms with Crippen molar-refractivity contribution in [2.24, 2.45) is 0 Å². The molecule has 96 valence electrons. The molecule has 0 saturated heterocycles. The molecule has 3 heteroatoms. The largest absolute Gasteiger partial charge is 0.497 e. The zero-order chi connectivity index (χ0) is 13.5. The normalized spacial score (nSPS) is 11.9. The Morgan fingerprint density at radius 3 is 2.50 bits per heavy atom. The number of nitrogens with zero attached hydrogens (tertiary/aromatic N) is 1. The number of carbonyl (C=O) groups excluding carboxylic acids is 1. The lowest BCUT2D eigenvalue weighted by molar-refractivity contribution is -0.118. The minimum absolute atomic E-state index is 0.0180. The summed E-state index contributed by atoms with van der Waals surface area (Å²) in [5.41, 5.74) is 1.07. The van der Waals surface area contributed by atoms with Gasteiger partial charge in [-0.1, -0.05) is 18.1 Å². The first kappa shape index (κ1) is 14.3. The molecule has 0 aliphatic rings. The van der Waals surface area contributed by atoms with Crippen molar-refractivity contribution in [3.8, 4) is 18.1 Å². The Labute approximate surface area is 109 Å². The van der Waals surface area contributed by atoms with Crippen molar-refractivity contribution in [2.45, 2.75) is 19.4 Å². The number of rotatable bonds is 6. The van der Waals surface area contributed by atoms with Gasteiger partial charge in [0.15, 0.2) is 0 Å². The van der Waals surface area contributed by atoms with E-state index in [0.29, 0.717) is 13.0 Å². The van der Waals surface area contributed by atoms with Gasteiger partial charge in [-0.05, 0) is 31.7 Å². The van der Waals surface area contributed by atoms with Crippen LogP contribution in [0.5, 0.6) is 5.75 Å². The van der Waals surface area contributed by atoms with Crippen LogP contribution >= 0.6 is 0 Å². The Morgan fingerprint density at radius 1 is 1.44 bits per heavy atom. The zero-order valence-electron chi connectivity index (χ0n) is 11.1. The van der Waals surface area contributed by atoms with Crippen molar-refractivity contribution >= 4 is 5.78 Å². The van der Waals surface area contributed by atoms with E-state index in [1.165, 1.54) is 0 Å². The topological polar surface area (TPSA) is 29.5 Å². The summed E-state index contributed by atoms with van der Waals surface area (Å²) in [6, 6.07) is 7.75. The Morgan fingerprint density at radius 2 is 2.06 bits per heavy atom. The van der Waals surface area contributed by atoms with Crippen LogP contribution < -0.4 is 4.74 Å². The number of ketones is 1. The van der Waals surface area contributed by atoms with Crippen molar-refractivity contribution in [3.63, 3.8) is 0 Å². The molecule has 0 radical (unpaired) electrons. The summed E-state index contributed by atoms with van der Waals surface area (Å²) in [6.45, 7) is 2.12. The lowest BCUT2D eigenvalue weighted by Gasteiger charge is -2.26. The highest BCUT2D eigenvalue weighted by Crippen LogP contribution is 2.25. The quantitative estimate of drug-likeness (QED) is 0.720. The Bertz CT molecular complexity index is 431. The number of Topliss-reactive ketones (excluding diaryl/α,β-unsaturated/α-hetero) is 1. The van der Waals surface area contributed by atoms with E-state index in [1.807, 2.05) is 36.2 Å². The van der Waals surface area contributed by atoms with Crippen molar-refractivity contribution in [1.29, 1.82) is 0 Å². The fourth-order valence-corrected chi connectivity index (χ4v) is 1.88. The van der Waals surface area contributed by atoms with Gasteiger partial charge < -0.3 is 4.74 Å². The maximum absolute atomic E-state index is 11.4. The Balaban J connectivity index is 2.93. The van der Waals surface area contributed by atoms with E-state index in [9.17, 15) is 4.79 Å². The molecule has 0 bridgehead atoms. The second-order valence-corrected chi connectivity index (χ2v) is 4.31.